The zero-order chi connectivity index (χ0) is 12.6. The van der Waals surface area contributed by atoms with Crippen LogP contribution in [-0.4, -0.2) is 40.2 Å². The number of amides is 1. The molecule has 1 fully saturated rings. The highest BCUT2D eigenvalue weighted by Crippen LogP contribution is 2.32. The summed E-state index contributed by atoms with van der Waals surface area (Å²) < 4.78 is 0.628. The summed E-state index contributed by atoms with van der Waals surface area (Å²) in [7, 11) is 0. The van der Waals surface area contributed by atoms with Crippen molar-refractivity contribution in [3.05, 3.63) is 27.2 Å². The molecular weight excluding hydrogens is 309 g/mol. The van der Waals surface area contributed by atoms with Crippen molar-refractivity contribution in [2.24, 2.45) is 0 Å². The molecule has 0 spiro atoms. The molecule has 1 aliphatic heterocycles. The molecule has 0 aliphatic carbocycles. The molecule has 1 aromatic rings. The lowest BCUT2D eigenvalue weighted by molar-refractivity contribution is 0.0762. The molecule has 1 saturated heterocycles. The number of rotatable bonds is 1. The topological polar surface area (TPSA) is 60.8 Å². The summed E-state index contributed by atoms with van der Waals surface area (Å²) in [5.74, 6) is -0.538. The molecule has 1 aromatic carbocycles. The van der Waals surface area contributed by atoms with Crippen molar-refractivity contribution in [1.82, 2.24) is 4.90 Å². The van der Waals surface area contributed by atoms with Gasteiger partial charge in [0.25, 0.3) is 5.91 Å². The van der Waals surface area contributed by atoms with Crippen LogP contribution in [0, 0.1) is 0 Å². The highest BCUT2D eigenvalue weighted by atomic mass is 79.9. The van der Waals surface area contributed by atoms with E-state index in [1.54, 1.807) is 0 Å². The van der Waals surface area contributed by atoms with Gasteiger partial charge in [-0.3, -0.25) is 4.79 Å². The molecule has 4 nitrogen and oxygen atoms in total. The second-order valence-corrected chi connectivity index (χ2v) is 5.30. The predicted octanol–water partition coefficient (Wildman–Crippen LogP) is 2.01. The summed E-state index contributed by atoms with van der Waals surface area (Å²) in [5, 5.41) is 19.3. The third-order valence-electron chi connectivity index (χ3n) is 2.71. The maximum absolute atomic E-state index is 12.1. The van der Waals surface area contributed by atoms with E-state index in [0.29, 0.717) is 24.0 Å². The number of likely N-dealkylation sites (tertiary alicyclic amines) is 1. The molecule has 0 bridgehead atoms. The van der Waals surface area contributed by atoms with E-state index in [9.17, 15) is 15.0 Å². The Labute approximate surface area is 112 Å². The average molecular weight is 321 g/mol. The van der Waals surface area contributed by atoms with Crippen molar-refractivity contribution in [1.29, 1.82) is 0 Å². The molecule has 0 aromatic heterocycles. The number of β-amino-alcohol motifs (C(OH)–C–C–N with tert-alkyl or cyclic N) is 1. The summed E-state index contributed by atoms with van der Waals surface area (Å²) in [4.78, 5) is 13.6. The van der Waals surface area contributed by atoms with Gasteiger partial charge < -0.3 is 15.1 Å². The molecule has 0 saturated carbocycles. The number of nitrogens with zero attached hydrogens (tertiary/aromatic N) is 1. The predicted molar refractivity (Wildman–Crippen MR) is 67.3 cm³/mol. The van der Waals surface area contributed by atoms with Gasteiger partial charge in [-0.25, -0.2) is 0 Å². The molecule has 6 heteroatoms. The number of phenols is 1. The van der Waals surface area contributed by atoms with Crippen molar-refractivity contribution >= 4 is 33.4 Å². The minimum absolute atomic E-state index is 0.127. The Bertz CT molecular complexity index is 466. The number of hydrogen-bond acceptors (Lipinski definition) is 3. The number of aliphatic hydroxyl groups excluding tert-OH is 1. The number of phenolic OH excluding ortho intramolecular Hbond substituents is 1. The van der Waals surface area contributed by atoms with Crippen molar-refractivity contribution in [3.63, 3.8) is 0 Å². The summed E-state index contributed by atoms with van der Waals surface area (Å²) in [6, 6.07) is 3.04. The zero-order valence-electron chi connectivity index (χ0n) is 8.86. The highest BCUT2D eigenvalue weighted by molar-refractivity contribution is 9.10. The van der Waals surface area contributed by atoms with Crippen LogP contribution in [0.15, 0.2) is 16.6 Å². The lowest BCUT2D eigenvalue weighted by Crippen LogP contribution is -2.29. The molecule has 0 unspecified atom stereocenters. The summed E-state index contributed by atoms with van der Waals surface area (Å²) in [6.45, 7) is 0.784. The van der Waals surface area contributed by atoms with E-state index < -0.39 is 6.10 Å². The fourth-order valence-electron chi connectivity index (χ4n) is 1.83. The van der Waals surface area contributed by atoms with Crippen LogP contribution in [0.25, 0.3) is 0 Å². The second-order valence-electron chi connectivity index (χ2n) is 3.98. The van der Waals surface area contributed by atoms with Crippen molar-refractivity contribution in [2.45, 2.75) is 12.5 Å². The number of halogens is 2. The number of carbonyl (C=O) groups excluding carboxylic acids is 1. The van der Waals surface area contributed by atoms with Gasteiger partial charge in [0.15, 0.2) is 0 Å². The van der Waals surface area contributed by atoms with Gasteiger partial charge in [0.1, 0.15) is 5.75 Å². The first-order valence-corrected chi connectivity index (χ1v) is 6.31. The van der Waals surface area contributed by atoms with E-state index in [1.807, 2.05) is 0 Å². The first kappa shape index (κ1) is 12.7. The first-order chi connectivity index (χ1) is 7.99. The smallest absolute Gasteiger partial charge is 0.257 e. The molecule has 0 radical (unpaired) electrons. The van der Waals surface area contributed by atoms with Crippen LogP contribution in [0.4, 0.5) is 0 Å². The minimum Gasteiger partial charge on any atom is -0.506 e. The standard InChI is InChI=1S/C11H11BrClNO3/c12-6-3-8(10(16)9(13)4-6)11(17)14-2-1-7(15)5-14/h3-4,7,15-16H,1-2,5H2/t7-/m1/s1. The third kappa shape index (κ3) is 2.56. The Morgan fingerprint density at radius 2 is 2.24 bits per heavy atom. The van der Waals surface area contributed by atoms with E-state index in [4.69, 9.17) is 11.6 Å². The molecule has 17 heavy (non-hydrogen) atoms. The van der Waals surface area contributed by atoms with Crippen LogP contribution in [0.2, 0.25) is 5.02 Å². The number of benzene rings is 1. The van der Waals surface area contributed by atoms with E-state index in [0.717, 1.165) is 0 Å². The zero-order valence-corrected chi connectivity index (χ0v) is 11.2. The lowest BCUT2D eigenvalue weighted by atomic mass is 10.2. The molecule has 2 rings (SSSR count). The Morgan fingerprint density at radius 3 is 2.82 bits per heavy atom. The van der Waals surface area contributed by atoms with E-state index in [-0.39, 0.29) is 22.2 Å². The monoisotopic (exact) mass is 319 g/mol. The number of carbonyl (C=O) groups is 1. The highest BCUT2D eigenvalue weighted by Gasteiger charge is 2.27. The van der Waals surface area contributed by atoms with Gasteiger partial charge in [0.05, 0.1) is 16.7 Å². The van der Waals surface area contributed by atoms with Crippen LogP contribution in [0.3, 0.4) is 0 Å². The Morgan fingerprint density at radius 1 is 1.53 bits per heavy atom. The number of aliphatic hydroxyl groups is 1. The van der Waals surface area contributed by atoms with Gasteiger partial charge in [-0.1, -0.05) is 27.5 Å². The van der Waals surface area contributed by atoms with Gasteiger partial charge in [-0.05, 0) is 18.6 Å². The summed E-state index contributed by atoms with van der Waals surface area (Å²) in [5.41, 5.74) is 0.151. The fourth-order valence-corrected chi connectivity index (χ4v) is 2.63. The lowest BCUT2D eigenvalue weighted by Gasteiger charge is -2.16. The van der Waals surface area contributed by atoms with Crippen molar-refractivity contribution < 1.29 is 15.0 Å². The van der Waals surface area contributed by atoms with Gasteiger partial charge in [0.2, 0.25) is 0 Å². The van der Waals surface area contributed by atoms with Crippen LogP contribution >= 0.6 is 27.5 Å². The SMILES string of the molecule is O=C(c1cc(Br)cc(Cl)c1O)N1CC[C@@H](O)C1. The van der Waals surface area contributed by atoms with Crippen LogP contribution < -0.4 is 0 Å². The number of aromatic hydroxyl groups is 1. The van der Waals surface area contributed by atoms with Gasteiger partial charge >= 0.3 is 0 Å². The normalized spacial score (nSPS) is 19.7. The second kappa shape index (κ2) is 4.84. The van der Waals surface area contributed by atoms with E-state index >= 15 is 0 Å². The summed E-state index contributed by atoms with van der Waals surface area (Å²) >= 11 is 9.02. The maximum Gasteiger partial charge on any atom is 0.257 e. The van der Waals surface area contributed by atoms with Gasteiger partial charge in [0, 0.05) is 17.6 Å². The Kier molecular flexibility index (Phi) is 3.61. The molecule has 1 aliphatic rings. The van der Waals surface area contributed by atoms with E-state index in [1.165, 1.54) is 17.0 Å². The van der Waals surface area contributed by atoms with Crippen LogP contribution in [0.1, 0.15) is 16.8 Å². The van der Waals surface area contributed by atoms with Crippen LogP contribution in [-0.2, 0) is 0 Å². The Hall–Kier alpha value is -0.780. The Balaban J connectivity index is 2.31. The fraction of sp³-hybridized carbons (Fsp3) is 0.364. The van der Waals surface area contributed by atoms with Gasteiger partial charge in [-0.15, -0.1) is 0 Å². The number of hydrogen-bond donors (Lipinski definition) is 2. The molecule has 1 atom stereocenters. The molecule has 2 N–H and O–H groups in total. The quantitative estimate of drug-likeness (QED) is 0.832. The minimum atomic E-state index is -0.483. The molecule has 1 heterocycles. The first-order valence-electron chi connectivity index (χ1n) is 5.14. The summed E-state index contributed by atoms with van der Waals surface area (Å²) in [6.07, 6.45) is 0.0811. The van der Waals surface area contributed by atoms with Gasteiger partial charge in [-0.2, -0.15) is 0 Å². The largest absolute Gasteiger partial charge is 0.506 e. The van der Waals surface area contributed by atoms with E-state index in [2.05, 4.69) is 15.9 Å². The molecule has 1 amide bonds. The average Bonchev–Trinajstić information content (AvgIpc) is 2.69. The third-order valence-corrected chi connectivity index (χ3v) is 3.46. The van der Waals surface area contributed by atoms with Crippen LogP contribution in [0.5, 0.6) is 5.75 Å². The van der Waals surface area contributed by atoms with Crippen molar-refractivity contribution in [3.8, 4) is 5.75 Å². The van der Waals surface area contributed by atoms with Crippen molar-refractivity contribution in [2.75, 3.05) is 13.1 Å². The molecule has 92 valence electrons. The molecular formula is C11H11BrClNO3. The maximum atomic E-state index is 12.1.